The summed E-state index contributed by atoms with van der Waals surface area (Å²) in [5.74, 6) is 0.918. The highest BCUT2D eigenvalue weighted by atomic mass is 14.9. The molecule has 0 fully saturated rings. The second kappa shape index (κ2) is 4.55. The quantitative estimate of drug-likeness (QED) is 0.672. The molecule has 3 aromatic rings. The van der Waals surface area contributed by atoms with E-state index in [2.05, 4.69) is 47.0 Å². The van der Waals surface area contributed by atoms with Crippen molar-refractivity contribution >= 4 is 10.9 Å². The standard InChI is InChI=1S/C15H18N4/c1-9-4-3-5-12-13(9)14(10(2)18-12)15-17-8-11(19-15)6-7-16/h3-5,8,18H,6-7,16H2,1-2H3,(H,17,19). The molecular weight excluding hydrogens is 236 g/mol. The van der Waals surface area contributed by atoms with Crippen molar-refractivity contribution in [2.24, 2.45) is 5.73 Å². The zero-order valence-corrected chi connectivity index (χ0v) is 11.2. The molecule has 4 nitrogen and oxygen atoms in total. The van der Waals surface area contributed by atoms with Gasteiger partial charge in [-0.05, 0) is 32.0 Å². The first-order valence-electron chi connectivity index (χ1n) is 6.53. The highest BCUT2D eigenvalue weighted by Gasteiger charge is 2.14. The molecular formula is C15H18N4. The van der Waals surface area contributed by atoms with Crippen molar-refractivity contribution in [1.82, 2.24) is 15.0 Å². The minimum absolute atomic E-state index is 0.632. The van der Waals surface area contributed by atoms with Gasteiger partial charge < -0.3 is 15.7 Å². The fourth-order valence-corrected chi connectivity index (χ4v) is 2.62. The number of nitrogens with zero attached hydrogens (tertiary/aromatic N) is 1. The Morgan fingerprint density at radius 1 is 1.21 bits per heavy atom. The number of nitrogens with one attached hydrogen (secondary N) is 2. The van der Waals surface area contributed by atoms with Crippen LogP contribution in [0.5, 0.6) is 0 Å². The summed E-state index contributed by atoms with van der Waals surface area (Å²) in [7, 11) is 0. The first-order chi connectivity index (χ1) is 9.20. The second-order valence-electron chi connectivity index (χ2n) is 4.92. The summed E-state index contributed by atoms with van der Waals surface area (Å²) in [4.78, 5) is 11.3. The van der Waals surface area contributed by atoms with Crippen LogP contribution in [0.15, 0.2) is 24.4 Å². The van der Waals surface area contributed by atoms with E-state index in [4.69, 9.17) is 5.73 Å². The number of rotatable bonds is 3. The Kier molecular flexibility index (Phi) is 2.87. The van der Waals surface area contributed by atoms with Gasteiger partial charge in [0, 0.05) is 40.5 Å². The molecule has 0 spiro atoms. The van der Waals surface area contributed by atoms with Crippen molar-refractivity contribution in [3.8, 4) is 11.4 Å². The lowest BCUT2D eigenvalue weighted by Gasteiger charge is -2.00. The van der Waals surface area contributed by atoms with Crippen molar-refractivity contribution in [3.05, 3.63) is 41.3 Å². The predicted molar refractivity (Wildman–Crippen MR) is 78.1 cm³/mol. The van der Waals surface area contributed by atoms with Gasteiger partial charge in [-0.2, -0.15) is 0 Å². The molecule has 0 saturated carbocycles. The molecule has 0 atom stereocenters. The molecule has 0 aliphatic rings. The van der Waals surface area contributed by atoms with E-state index in [9.17, 15) is 0 Å². The third-order valence-corrected chi connectivity index (χ3v) is 3.50. The Morgan fingerprint density at radius 2 is 2.05 bits per heavy atom. The van der Waals surface area contributed by atoms with Crippen LogP contribution in [-0.4, -0.2) is 21.5 Å². The van der Waals surface area contributed by atoms with Crippen LogP contribution < -0.4 is 5.73 Å². The lowest BCUT2D eigenvalue weighted by Crippen LogP contribution is -2.02. The smallest absolute Gasteiger partial charge is 0.139 e. The third kappa shape index (κ3) is 1.94. The zero-order chi connectivity index (χ0) is 13.4. The number of aromatic nitrogens is 3. The summed E-state index contributed by atoms with van der Waals surface area (Å²) in [5, 5.41) is 1.24. The number of hydrogen-bond acceptors (Lipinski definition) is 2. The number of imidazole rings is 1. The van der Waals surface area contributed by atoms with E-state index in [0.29, 0.717) is 6.54 Å². The number of H-pyrrole nitrogens is 2. The van der Waals surface area contributed by atoms with E-state index in [1.165, 1.54) is 10.9 Å². The van der Waals surface area contributed by atoms with Gasteiger partial charge in [0.15, 0.2) is 0 Å². The Labute approximate surface area is 112 Å². The fraction of sp³-hybridized carbons (Fsp3) is 0.267. The van der Waals surface area contributed by atoms with Crippen molar-refractivity contribution in [2.75, 3.05) is 6.54 Å². The Bertz CT molecular complexity index is 721. The molecule has 2 aromatic heterocycles. The van der Waals surface area contributed by atoms with Gasteiger partial charge >= 0.3 is 0 Å². The van der Waals surface area contributed by atoms with Crippen molar-refractivity contribution in [3.63, 3.8) is 0 Å². The molecule has 0 aliphatic heterocycles. The van der Waals surface area contributed by atoms with Crippen LogP contribution in [-0.2, 0) is 6.42 Å². The Balaban J connectivity index is 2.20. The maximum atomic E-state index is 5.58. The van der Waals surface area contributed by atoms with Crippen LogP contribution >= 0.6 is 0 Å². The van der Waals surface area contributed by atoms with Crippen LogP contribution in [0.25, 0.3) is 22.3 Å². The van der Waals surface area contributed by atoms with E-state index >= 15 is 0 Å². The van der Waals surface area contributed by atoms with Crippen LogP contribution in [0.3, 0.4) is 0 Å². The lowest BCUT2D eigenvalue weighted by molar-refractivity contribution is 0.936. The molecule has 0 radical (unpaired) electrons. The summed E-state index contributed by atoms with van der Waals surface area (Å²) >= 11 is 0. The van der Waals surface area contributed by atoms with Gasteiger partial charge in [0.1, 0.15) is 5.82 Å². The number of hydrogen-bond donors (Lipinski definition) is 3. The maximum absolute atomic E-state index is 5.58. The molecule has 2 heterocycles. The molecule has 19 heavy (non-hydrogen) atoms. The monoisotopic (exact) mass is 254 g/mol. The van der Waals surface area contributed by atoms with E-state index < -0.39 is 0 Å². The number of nitrogens with two attached hydrogens (primary N) is 1. The molecule has 0 bridgehead atoms. The topological polar surface area (TPSA) is 70.5 Å². The minimum Gasteiger partial charge on any atom is -0.358 e. The van der Waals surface area contributed by atoms with Crippen LogP contribution in [0.1, 0.15) is 17.0 Å². The van der Waals surface area contributed by atoms with Crippen molar-refractivity contribution in [2.45, 2.75) is 20.3 Å². The van der Waals surface area contributed by atoms with E-state index in [1.807, 2.05) is 6.20 Å². The molecule has 98 valence electrons. The summed E-state index contributed by atoms with van der Waals surface area (Å²) in [5.41, 5.74) is 11.4. The van der Waals surface area contributed by atoms with Gasteiger partial charge in [-0.1, -0.05) is 12.1 Å². The third-order valence-electron chi connectivity index (χ3n) is 3.50. The fourth-order valence-electron chi connectivity index (χ4n) is 2.62. The summed E-state index contributed by atoms with van der Waals surface area (Å²) < 4.78 is 0. The Morgan fingerprint density at radius 3 is 2.84 bits per heavy atom. The van der Waals surface area contributed by atoms with Crippen LogP contribution in [0, 0.1) is 13.8 Å². The average molecular weight is 254 g/mol. The van der Waals surface area contributed by atoms with Gasteiger partial charge in [0.25, 0.3) is 0 Å². The van der Waals surface area contributed by atoms with Crippen molar-refractivity contribution in [1.29, 1.82) is 0 Å². The average Bonchev–Trinajstić information content (AvgIpc) is 2.94. The normalized spacial score (nSPS) is 11.3. The van der Waals surface area contributed by atoms with E-state index in [-0.39, 0.29) is 0 Å². The van der Waals surface area contributed by atoms with E-state index in [1.54, 1.807) is 0 Å². The molecule has 4 heteroatoms. The zero-order valence-electron chi connectivity index (χ0n) is 11.2. The van der Waals surface area contributed by atoms with Gasteiger partial charge in [0.05, 0.1) is 0 Å². The number of fused-ring (bicyclic) bond motifs is 1. The SMILES string of the molecule is Cc1[nH]c2cccc(C)c2c1-c1ncc(CCN)[nH]1. The largest absolute Gasteiger partial charge is 0.358 e. The first-order valence-corrected chi connectivity index (χ1v) is 6.53. The Hall–Kier alpha value is -2.07. The molecule has 4 N–H and O–H groups in total. The van der Waals surface area contributed by atoms with Gasteiger partial charge in [-0.15, -0.1) is 0 Å². The summed E-state index contributed by atoms with van der Waals surface area (Å²) in [6.45, 7) is 4.84. The van der Waals surface area contributed by atoms with Gasteiger partial charge in [-0.25, -0.2) is 4.98 Å². The highest BCUT2D eigenvalue weighted by molar-refractivity contribution is 5.98. The lowest BCUT2D eigenvalue weighted by atomic mass is 10.1. The number of benzene rings is 1. The van der Waals surface area contributed by atoms with Crippen LogP contribution in [0.4, 0.5) is 0 Å². The van der Waals surface area contributed by atoms with E-state index in [0.717, 1.165) is 34.7 Å². The maximum Gasteiger partial charge on any atom is 0.139 e. The predicted octanol–water partition coefficient (Wildman–Crippen LogP) is 2.68. The van der Waals surface area contributed by atoms with Crippen molar-refractivity contribution < 1.29 is 0 Å². The molecule has 1 aromatic carbocycles. The number of aryl methyl sites for hydroxylation is 2. The highest BCUT2D eigenvalue weighted by Crippen LogP contribution is 2.32. The second-order valence-corrected chi connectivity index (χ2v) is 4.92. The van der Waals surface area contributed by atoms with Gasteiger partial charge in [-0.3, -0.25) is 0 Å². The van der Waals surface area contributed by atoms with Crippen LogP contribution in [0.2, 0.25) is 0 Å². The molecule has 3 rings (SSSR count). The van der Waals surface area contributed by atoms with Gasteiger partial charge in [0.2, 0.25) is 0 Å². The summed E-state index contributed by atoms with van der Waals surface area (Å²) in [6.07, 6.45) is 2.70. The summed E-state index contributed by atoms with van der Waals surface area (Å²) in [6, 6.07) is 6.30. The number of aromatic amines is 2. The molecule has 0 unspecified atom stereocenters. The molecule has 0 aliphatic carbocycles. The first kappa shape index (κ1) is 12.0. The molecule has 0 amide bonds. The molecule has 0 saturated heterocycles. The minimum atomic E-state index is 0.632.